The molecule has 0 fully saturated rings. The second-order valence-corrected chi connectivity index (χ2v) is 8.99. The fourth-order valence-corrected chi connectivity index (χ4v) is 3.78. The van der Waals surface area contributed by atoms with E-state index in [1.54, 1.807) is 12.1 Å². The van der Waals surface area contributed by atoms with Gasteiger partial charge in [-0.25, -0.2) is 0 Å². The number of hydrogen-bond donors (Lipinski definition) is 3. The number of fused-ring (bicyclic) bond motifs is 1. The molecule has 2 aromatic rings. The first-order valence-corrected chi connectivity index (χ1v) is 11.6. The Morgan fingerprint density at radius 1 is 0.972 bits per heavy atom. The van der Waals surface area contributed by atoms with Gasteiger partial charge in [-0.2, -0.15) is 0 Å². The molecule has 36 heavy (non-hydrogen) atoms. The normalized spacial score (nSPS) is 13.2. The fraction of sp³-hybridized carbons (Fsp3) is 0.346. The number of rotatable bonds is 11. The number of Topliss-reactive ketones (excluding diaryl/α,β-unsaturated/α-hetero) is 1. The maximum atomic E-state index is 12.4. The highest BCUT2D eigenvalue weighted by Crippen LogP contribution is 2.21. The van der Waals surface area contributed by atoms with E-state index >= 15 is 0 Å². The molecule has 1 heterocycles. The van der Waals surface area contributed by atoms with Crippen LogP contribution in [0.25, 0.3) is 0 Å². The van der Waals surface area contributed by atoms with Gasteiger partial charge in [0.05, 0.1) is 6.54 Å². The third kappa shape index (κ3) is 7.22. The molecule has 190 valence electrons. The highest BCUT2D eigenvalue weighted by Gasteiger charge is 2.29. The average Bonchev–Trinajstić information content (AvgIpc) is 3.16. The Balaban J connectivity index is 1.37. The lowest BCUT2D eigenvalue weighted by atomic mass is 10.1. The molecule has 2 aromatic carbocycles. The van der Waals surface area contributed by atoms with Crippen molar-refractivity contribution in [1.29, 1.82) is 0 Å². The second kappa shape index (κ2) is 12.1. The Morgan fingerprint density at radius 2 is 1.64 bits per heavy atom. The molecule has 10 heteroatoms. The van der Waals surface area contributed by atoms with Crippen LogP contribution in [0.1, 0.15) is 34.0 Å². The highest BCUT2D eigenvalue weighted by molar-refractivity contribution is 6.37. The molecule has 3 N–H and O–H groups in total. The minimum atomic E-state index is -0.950. The molecule has 1 atom stereocenters. The van der Waals surface area contributed by atoms with Crippen LogP contribution in [0.4, 0.5) is 0 Å². The first-order chi connectivity index (χ1) is 17.1. The van der Waals surface area contributed by atoms with Crippen molar-refractivity contribution >= 4 is 29.4 Å². The Kier molecular flexibility index (Phi) is 8.91. The summed E-state index contributed by atoms with van der Waals surface area (Å²) in [7, 11) is 3.95. The van der Waals surface area contributed by atoms with Crippen LogP contribution in [0.2, 0.25) is 0 Å². The van der Waals surface area contributed by atoms with Crippen LogP contribution >= 0.6 is 0 Å². The van der Waals surface area contributed by atoms with E-state index in [9.17, 15) is 24.0 Å². The summed E-state index contributed by atoms with van der Waals surface area (Å²) < 4.78 is 0. The maximum absolute atomic E-state index is 12.4. The average molecular weight is 494 g/mol. The molecule has 0 spiro atoms. The summed E-state index contributed by atoms with van der Waals surface area (Å²) in [5.74, 6) is -2.96. The molecular formula is C26H31N5O5. The van der Waals surface area contributed by atoms with Crippen LogP contribution in [0.3, 0.4) is 0 Å². The van der Waals surface area contributed by atoms with E-state index in [1.165, 1.54) is 11.8 Å². The first kappa shape index (κ1) is 26.6. The van der Waals surface area contributed by atoms with Gasteiger partial charge in [0.25, 0.3) is 11.8 Å². The summed E-state index contributed by atoms with van der Waals surface area (Å²) in [4.78, 5) is 64.6. The zero-order valence-electron chi connectivity index (χ0n) is 20.7. The zero-order chi connectivity index (χ0) is 26.2. The van der Waals surface area contributed by atoms with Crippen molar-refractivity contribution < 1.29 is 24.0 Å². The quantitative estimate of drug-likeness (QED) is 0.384. The number of nitrogens with one attached hydrogen (secondary N) is 3. The number of hydrogen-bond acceptors (Lipinski definition) is 6. The van der Waals surface area contributed by atoms with Gasteiger partial charge in [-0.1, -0.05) is 42.5 Å². The highest BCUT2D eigenvalue weighted by atomic mass is 16.2. The van der Waals surface area contributed by atoms with Crippen LogP contribution in [-0.4, -0.2) is 72.4 Å². The van der Waals surface area contributed by atoms with Gasteiger partial charge >= 0.3 is 0 Å². The Hall–Kier alpha value is -4.05. The monoisotopic (exact) mass is 493 g/mol. The number of amides is 4. The third-order valence-corrected chi connectivity index (χ3v) is 5.65. The van der Waals surface area contributed by atoms with Crippen molar-refractivity contribution in [2.45, 2.75) is 32.6 Å². The van der Waals surface area contributed by atoms with E-state index in [2.05, 4.69) is 16.0 Å². The molecule has 0 bridgehead atoms. The number of benzene rings is 2. The van der Waals surface area contributed by atoms with Gasteiger partial charge in [-0.05, 0) is 43.8 Å². The first-order valence-electron chi connectivity index (χ1n) is 11.6. The molecule has 0 saturated carbocycles. The van der Waals surface area contributed by atoms with Gasteiger partial charge in [-0.15, -0.1) is 0 Å². The number of nitrogens with zero attached hydrogens (tertiary/aromatic N) is 2. The van der Waals surface area contributed by atoms with Crippen LogP contribution in [0.5, 0.6) is 0 Å². The van der Waals surface area contributed by atoms with Gasteiger partial charge in [0.1, 0.15) is 12.6 Å². The van der Waals surface area contributed by atoms with Crippen molar-refractivity contribution in [3.63, 3.8) is 0 Å². The second-order valence-electron chi connectivity index (χ2n) is 8.99. The molecule has 0 saturated heterocycles. The van der Waals surface area contributed by atoms with E-state index < -0.39 is 36.1 Å². The molecule has 0 aromatic heterocycles. The van der Waals surface area contributed by atoms with Crippen LogP contribution in [-0.2, 0) is 38.8 Å². The van der Waals surface area contributed by atoms with Crippen molar-refractivity contribution in [2.24, 2.45) is 0 Å². The summed E-state index contributed by atoms with van der Waals surface area (Å²) in [5.41, 5.74) is 3.39. The lowest BCUT2D eigenvalue weighted by molar-refractivity contribution is -0.138. The predicted octanol–water partition coefficient (Wildman–Crippen LogP) is 0.210. The maximum Gasteiger partial charge on any atom is 0.289 e. The van der Waals surface area contributed by atoms with Gasteiger partial charge in [0.2, 0.25) is 17.6 Å². The van der Waals surface area contributed by atoms with Crippen molar-refractivity contribution in [2.75, 3.05) is 27.2 Å². The van der Waals surface area contributed by atoms with Gasteiger partial charge in [0, 0.05) is 25.2 Å². The van der Waals surface area contributed by atoms with Crippen LogP contribution in [0.15, 0.2) is 48.5 Å². The lowest BCUT2D eigenvalue weighted by Gasteiger charge is -2.18. The van der Waals surface area contributed by atoms with E-state index in [0.29, 0.717) is 12.1 Å². The summed E-state index contributed by atoms with van der Waals surface area (Å²) in [5, 5.41) is 7.41. The molecule has 0 unspecified atom stereocenters. The van der Waals surface area contributed by atoms with Crippen molar-refractivity contribution in [3.05, 3.63) is 70.8 Å². The fourth-order valence-electron chi connectivity index (χ4n) is 3.78. The Morgan fingerprint density at radius 3 is 2.31 bits per heavy atom. The molecule has 1 aliphatic heterocycles. The predicted molar refractivity (Wildman–Crippen MR) is 132 cm³/mol. The molecule has 1 aliphatic rings. The van der Waals surface area contributed by atoms with Crippen LogP contribution in [0, 0.1) is 0 Å². The minimum absolute atomic E-state index is 0.187. The largest absolute Gasteiger partial charge is 0.347 e. The molecular weight excluding hydrogens is 462 g/mol. The molecule has 0 radical (unpaired) electrons. The Bertz CT molecular complexity index is 1150. The minimum Gasteiger partial charge on any atom is -0.347 e. The summed E-state index contributed by atoms with van der Waals surface area (Å²) in [6, 6.07) is 13.8. The zero-order valence-corrected chi connectivity index (χ0v) is 20.7. The summed E-state index contributed by atoms with van der Waals surface area (Å²) in [6.07, 6.45) is 0. The number of carbonyl (C=O) groups excluding carboxylic acids is 5. The van der Waals surface area contributed by atoms with E-state index in [4.69, 9.17) is 0 Å². The third-order valence-electron chi connectivity index (χ3n) is 5.65. The smallest absolute Gasteiger partial charge is 0.289 e. The molecule has 0 aliphatic carbocycles. The topological polar surface area (TPSA) is 128 Å². The van der Waals surface area contributed by atoms with Gasteiger partial charge in [0.15, 0.2) is 0 Å². The summed E-state index contributed by atoms with van der Waals surface area (Å²) >= 11 is 0. The Labute approximate surface area is 210 Å². The summed E-state index contributed by atoms with van der Waals surface area (Å²) in [6.45, 7) is 2.08. The van der Waals surface area contributed by atoms with Gasteiger partial charge in [-0.3, -0.25) is 24.0 Å². The SMILES string of the molecule is C[C@H](NC(=O)CN1Cc2ccccc2C1=O)C(=O)NCC(=O)C(=O)NCc1ccc(CN(C)C)cc1. The van der Waals surface area contributed by atoms with Crippen molar-refractivity contribution in [1.82, 2.24) is 25.8 Å². The molecule has 4 amide bonds. The molecule has 10 nitrogen and oxygen atoms in total. The van der Waals surface area contributed by atoms with Crippen LogP contribution < -0.4 is 16.0 Å². The van der Waals surface area contributed by atoms with E-state index in [0.717, 1.165) is 23.2 Å². The van der Waals surface area contributed by atoms with Gasteiger partial charge < -0.3 is 25.8 Å². The standard InChI is InChI=1S/C26H31N5O5/c1-17(29-23(33)16-31-15-20-6-4-5-7-21(20)26(31)36)24(34)28-13-22(32)25(35)27-12-18-8-10-19(11-9-18)14-30(2)3/h4-11,17H,12-16H2,1-3H3,(H,27,35)(H,28,34)(H,29,33)/t17-/m0/s1. The van der Waals surface area contributed by atoms with E-state index in [-0.39, 0.29) is 19.0 Å². The lowest BCUT2D eigenvalue weighted by Crippen LogP contribution is -2.49. The van der Waals surface area contributed by atoms with Crippen molar-refractivity contribution in [3.8, 4) is 0 Å². The number of carbonyl (C=O) groups is 5. The molecule has 3 rings (SSSR count). The number of ketones is 1. The van der Waals surface area contributed by atoms with E-state index in [1.807, 2.05) is 55.4 Å².